The van der Waals surface area contributed by atoms with Crippen LogP contribution in [0.5, 0.6) is 0 Å². The maximum Gasteiger partial charge on any atom is 0.161 e. The standard InChI is InChI=1S/C33H38N.C12H22O2Si.Ir/c1-21-16-22(2)31-27(23-12-14-33(6,7)15-13-23)20-29(34-30(31)17-21)25-18-24-10-8-9-11-26(24)28(19-25)32(3,4)5;1-10(2)11(13)9-12(14)15(3)7-5-4-6-8-15;/h8-11,16-17,19-20,23H,12-15H2,1-7H3;9-10,14H,4-8H2,1-3H3;/q-1;;/b;12-9+;. The summed E-state index contributed by atoms with van der Waals surface area (Å²) in [6.45, 7) is 22.1. The molecule has 0 bridgehead atoms. The van der Waals surface area contributed by atoms with Crippen LogP contribution in [0.4, 0.5) is 0 Å². The molecule has 0 amide bonds. The molecule has 1 radical (unpaired) electrons. The van der Waals surface area contributed by atoms with E-state index in [0.29, 0.717) is 16.7 Å². The van der Waals surface area contributed by atoms with Crippen molar-refractivity contribution in [3.05, 3.63) is 88.3 Å². The van der Waals surface area contributed by atoms with Gasteiger partial charge in [-0.2, -0.15) is 0 Å². The van der Waals surface area contributed by atoms with E-state index in [1.807, 2.05) is 13.8 Å². The number of carbonyl (C=O) groups excluding carboxylic acids is 1. The van der Waals surface area contributed by atoms with Gasteiger partial charge in [-0.3, -0.25) is 9.78 Å². The topological polar surface area (TPSA) is 50.2 Å². The fraction of sp³-hybridized carbons (Fsp3) is 0.511. The SMILES string of the molecule is CC(C)C(=O)/C=C(\O)[Si]1(C)CCCCC1.Cc1cc(C)c2c(C3CCC(C)(C)CC3)cc(-c3[c-]c4ccccc4c(C(C)(C)C)c3)nc2c1.[Ir]. The minimum Gasteiger partial charge on any atom is -0.517 e. The van der Waals surface area contributed by atoms with Crippen molar-refractivity contribution in [2.45, 2.75) is 137 Å². The summed E-state index contributed by atoms with van der Waals surface area (Å²) < 4.78 is 0. The maximum atomic E-state index is 11.5. The van der Waals surface area contributed by atoms with Gasteiger partial charge in [0.2, 0.25) is 0 Å². The van der Waals surface area contributed by atoms with E-state index in [1.165, 1.54) is 89.4 Å². The molecule has 2 aliphatic rings. The van der Waals surface area contributed by atoms with E-state index in [0.717, 1.165) is 28.9 Å². The predicted molar refractivity (Wildman–Crippen MR) is 212 cm³/mol. The molecule has 5 heteroatoms. The number of allylic oxidation sites excluding steroid dienone is 1. The zero-order chi connectivity index (χ0) is 35.7. The Kier molecular flexibility index (Phi) is 12.8. The fourth-order valence-electron chi connectivity index (χ4n) is 8.01. The Labute approximate surface area is 317 Å². The second kappa shape index (κ2) is 16.0. The minimum absolute atomic E-state index is 0. The molecule has 3 nitrogen and oxygen atoms in total. The van der Waals surface area contributed by atoms with Gasteiger partial charge in [0.15, 0.2) is 5.78 Å². The zero-order valence-corrected chi connectivity index (χ0v) is 35.7. The summed E-state index contributed by atoms with van der Waals surface area (Å²) >= 11 is 0. The Morgan fingerprint density at radius 2 is 1.64 bits per heavy atom. The maximum absolute atomic E-state index is 11.5. The molecule has 2 fully saturated rings. The first-order valence-electron chi connectivity index (χ1n) is 18.8. The Morgan fingerprint density at radius 1 is 1.00 bits per heavy atom. The summed E-state index contributed by atoms with van der Waals surface area (Å²) in [5.41, 5.74) is 9.30. The summed E-state index contributed by atoms with van der Waals surface area (Å²) in [5.74, 6) is 0.654. The number of nitrogens with zero attached hydrogens (tertiary/aromatic N) is 1. The zero-order valence-electron chi connectivity index (χ0n) is 32.4. The van der Waals surface area contributed by atoms with Gasteiger partial charge >= 0.3 is 0 Å². The van der Waals surface area contributed by atoms with Gasteiger partial charge in [0, 0.05) is 43.2 Å². The Hall–Kier alpha value is -2.59. The van der Waals surface area contributed by atoms with E-state index < -0.39 is 8.07 Å². The average Bonchev–Trinajstić information content (AvgIpc) is 3.03. The van der Waals surface area contributed by atoms with E-state index >= 15 is 0 Å². The second-order valence-electron chi connectivity index (χ2n) is 17.6. The first-order chi connectivity index (χ1) is 23.0. The number of hydrogen-bond donors (Lipinski definition) is 1. The van der Waals surface area contributed by atoms with Crippen LogP contribution >= 0.6 is 0 Å². The molecule has 271 valence electrons. The van der Waals surface area contributed by atoms with Crippen molar-refractivity contribution in [3.8, 4) is 11.3 Å². The number of fused-ring (bicyclic) bond motifs is 2. The van der Waals surface area contributed by atoms with E-state index in [-0.39, 0.29) is 37.2 Å². The van der Waals surface area contributed by atoms with Crippen LogP contribution in [0.1, 0.15) is 122 Å². The van der Waals surface area contributed by atoms with Gasteiger partial charge in [-0.05, 0) is 79.0 Å². The molecule has 2 heterocycles. The minimum atomic E-state index is -1.65. The smallest absolute Gasteiger partial charge is 0.161 e. The number of ketones is 1. The van der Waals surface area contributed by atoms with Crippen molar-refractivity contribution in [1.29, 1.82) is 0 Å². The molecule has 1 aliphatic heterocycles. The molecular weight excluding hydrogens is 807 g/mol. The van der Waals surface area contributed by atoms with Gasteiger partial charge in [0.1, 0.15) is 8.07 Å². The molecule has 0 atom stereocenters. The van der Waals surface area contributed by atoms with Crippen LogP contribution < -0.4 is 0 Å². The van der Waals surface area contributed by atoms with Crippen molar-refractivity contribution in [1.82, 2.24) is 4.98 Å². The predicted octanol–water partition coefficient (Wildman–Crippen LogP) is 12.9. The molecule has 3 aromatic carbocycles. The van der Waals surface area contributed by atoms with Crippen LogP contribution in [0.25, 0.3) is 32.9 Å². The third-order valence-electron chi connectivity index (χ3n) is 11.3. The van der Waals surface area contributed by atoms with Crippen molar-refractivity contribution < 1.29 is 30.0 Å². The first kappa shape index (κ1) is 40.2. The van der Waals surface area contributed by atoms with Gasteiger partial charge in [-0.15, -0.1) is 29.1 Å². The molecular formula is C45H60IrNO2Si-. The van der Waals surface area contributed by atoms with Gasteiger partial charge in [-0.1, -0.05) is 128 Å². The van der Waals surface area contributed by atoms with Gasteiger partial charge < -0.3 is 5.11 Å². The number of rotatable bonds is 5. The van der Waals surface area contributed by atoms with E-state index in [9.17, 15) is 9.90 Å². The van der Waals surface area contributed by atoms with E-state index in [1.54, 1.807) is 0 Å². The van der Waals surface area contributed by atoms with Crippen molar-refractivity contribution in [2.24, 2.45) is 11.3 Å². The van der Waals surface area contributed by atoms with Crippen LogP contribution in [-0.2, 0) is 30.3 Å². The third-order valence-corrected chi connectivity index (χ3v) is 15.6. The molecule has 1 aliphatic carbocycles. The summed E-state index contributed by atoms with van der Waals surface area (Å²) in [6, 6.07) is 24.0. The third kappa shape index (κ3) is 9.25. The van der Waals surface area contributed by atoms with Gasteiger partial charge in [0.25, 0.3) is 0 Å². The quantitative estimate of drug-likeness (QED) is 0.0941. The van der Waals surface area contributed by atoms with Crippen molar-refractivity contribution in [3.63, 3.8) is 0 Å². The Morgan fingerprint density at radius 3 is 2.26 bits per heavy atom. The molecule has 50 heavy (non-hydrogen) atoms. The Bertz CT molecular complexity index is 1850. The fourth-order valence-corrected chi connectivity index (χ4v) is 11.3. The Balaban J connectivity index is 0.000000297. The number of aromatic nitrogens is 1. The van der Waals surface area contributed by atoms with Crippen molar-refractivity contribution in [2.75, 3.05) is 0 Å². The number of pyridine rings is 1. The van der Waals surface area contributed by atoms with Gasteiger partial charge in [-0.25, -0.2) is 0 Å². The first-order valence-corrected chi connectivity index (χ1v) is 21.7. The van der Waals surface area contributed by atoms with Crippen LogP contribution in [0, 0.1) is 31.2 Å². The molecule has 1 N–H and O–H groups in total. The number of aliphatic hydroxyl groups excluding tert-OH is 1. The number of hydrogen-bond acceptors (Lipinski definition) is 3. The second-order valence-corrected chi connectivity index (χ2v) is 22.2. The molecule has 0 unspecified atom stereocenters. The molecule has 4 aromatic rings. The molecule has 1 saturated heterocycles. The van der Waals surface area contributed by atoms with Crippen LogP contribution in [0.3, 0.4) is 0 Å². The van der Waals surface area contributed by atoms with E-state index in [2.05, 4.69) is 110 Å². The number of benzene rings is 3. The number of carbonyl (C=O) groups is 1. The van der Waals surface area contributed by atoms with Gasteiger partial charge in [0.05, 0.1) is 10.9 Å². The monoisotopic (exact) mass is 867 g/mol. The van der Waals surface area contributed by atoms with Crippen molar-refractivity contribution >= 4 is 35.5 Å². The molecule has 0 spiro atoms. The van der Waals surface area contributed by atoms with Crippen LogP contribution in [0.15, 0.2) is 60.0 Å². The molecule has 6 rings (SSSR count). The normalized spacial score (nSPS) is 18.0. The summed E-state index contributed by atoms with van der Waals surface area (Å²) in [6.07, 6.45) is 10.3. The average molecular weight is 867 g/mol. The summed E-state index contributed by atoms with van der Waals surface area (Å²) in [5, 5.41) is 14.3. The van der Waals surface area contributed by atoms with Crippen LogP contribution in [-0.4, -0.2) is 23.9 Å². The van der Waals surface area contributed by atoms with Crippen LogP contribution in [0.2, 0.25) is 18.6 Å². The summed E-state index contributed by atoms with van der Waals surface area (Å²) in [4.78, 5) is 16.8. The molecule has 1 saturated carbocycles. The number of aryl methyl sites for hydroxylation is 2. The molecule has 1 aromatic heterocycles. The summed E-state index contributed by atoms with van der Waals surface area (Å²) in [7, 11) is -1.65. The largest absolute Gasteiger partial charge is 0.517 e. The van der Waals surface area contributed by atoms with E-state index in [4.69, 9.17) is 4.98 Å². The number of aliphatic hydroxyl groups is 1.